The fourth-order valence-electron chi connectivity index (χ4n) is 1.90. The average Bonchev–Trinajstić information content (AvgIpc) is 2.81. The number of carbonyl (C=O) groups excluding carboxylic acids is 1. The van der Waals surface area contributed by atoms with E-state index in [1.165, 1.54) is 5.56 Å². The van der Waals surface area contributed by atoms with Crippen LogP contribution in [0.2, 0.25) is 0 Å². The van der Waals surface area contributed by atoms with Gasteiger partial charge in [-0.25, -0.2) is 0 Å². The lowest BCUT2D eigenvalue weighted by Gasteiger charge is -2.19. The molecule has 106 valence electrons. The van der Waals surface area contributed by atoms with Crippen LogP contribution in [-0.4, -0.2) is 11.1 Å². The summed E-state index contributed by atoms with van der Waals surface area (Å²) in [5, 5.41) is 6.66. The number of aryl methyl sites for hydroxylation is 1. The molecule has 4 heteroatoms. The number of nitrogens with one attached hydrogen (secondary N) is 1. The highest BCUT2D eigenvalue weighted by molar-refractivity contribution is 5.94. The van der Waals surface area contributed by atoms with Gasteiger partial charge in [0, 0.05) is 11.6 Å². The van der Waals surface area contributed by atoms with E-state index in [4.69, 9.17) is 4.52 Å². The Balaban J connectivity index is 1.99. The van der Waals surface area contributed by atoms with E-state index >= 15 is 0 Å². The summed E-state index contributed by atoms with van der Waals surface area (Å²) in [6, 6.07) is 9.50. The van der Waals surface area contributed by atoms with Gasteiger partial charge in [-0.15, -0.1) is 0 Å². The number of nitrogens with zero attached hydrogens (tertiary/aromatic N) is 1. The molecule has 1 aromatic heterocycles. The third-order valence-corrected chi connectivity index (χ3v) is 3.12. The lowest BCUT2D eigenvalue weighted by atomic mass is 9.87. The van der Waals surface area contributed by atoms with Crippen LogP contribution in [0.25, 0.3) is 0 Å². The van der Waals surface area contributed by atoms with Gasteiger partial charge in [0.1, 0.15) is 11.5 Å². The molecule has 1 N–H and O–H groups in total. The Hall–Kier alpha value is -2.10. The minimum absolute atomic E-state index is 0.0905. The first kappa shape index (κ1) is 14.3. The van der Waals surface area contributed by atoms with Crippen LogP contribution in [0.3, 0.4) is 0 Å². The predicted molar refractivity (Wildman–Crippen MR) is 77.6 cm³/mol. The Morgan fingerprint density at radius 3 is 2.40 bits per heavy atom. The van der Waals surface area contributed by atoms with Gasteiger partial charge in [-0.05, 0) is 30.0 Å². The monoisotopic (exact) mass is 272 g/mol. The summed E-state index contributed by atoms with van der Waals surface area (Å²) in [6.07, 6.45) is 0. The number of carbonyl (C=O) groups is 1. The van der Waals surface area contributed by atoms with Gasteiger partial charge in [0.25, 0.3) is 5.91 Å². The predicted octanol–water partition coefficient (Wildman–Crippen LogP) is 3.21. The molecular weight excluding hydrogens is 252 g/mol. The second-order valence-electron chi connectivity index (χ2n) is 5.94. The van der Waals surface area contributed by atoms with E-state index < -0.39 is 0 Å². The summed E-state index contributed by atoms with van der Waals surface area (Å²) in [6.45, 7) is 8.64. The highest BCUT2D eigenvalue weighted by Crippen LogP contribution is 2.22. The Morgan fingerprint density at radius 2 is 1.90 bits per heavy atom. The van der Waals surface area contributed by atoms with Crippen molar-refractivity contribution in [2.24, 2.45) is 0 Å². The third-order valence-electron chi connectivity index (χ3n) is 3.12. The molecule has 0 saturated carbocycles. The number of rotatable bonds is 3. The smallest absolute Gasteiger partial charge is 0.251 e. The van der Waals surface area contributed by atoms with Crippen molar-refractivity contribution in [2.45, 2.75) is 39.7 Å². The van der Waals surface area contributed by atoms with Gasteiger partial charge < -0.3 is 9.84 Å². The van der Waals surface area contributed by atoms with Gasteiger partial charge in [0.2, 0.25) is 0 Å². The van der Waals surface area contributed by atoms with E-state index in [9.17, 15) is 4.79 Å². The molecule has 0 aliphatic heterocycles. The Morgan fingerprint density at radius 1 is 1.25 bits per heavy atom. The van der Waals surface area contributed by atoms with Gasteiger partial charge >= 0.3 is 0 Å². The lowest BCUT2D eigenvalue weighted by molar-refractivity contribution is 0.0950. The fraction of sp³-hybridized carbons (Fsp3) is 0.375. The molecule has 2 rings (SSSR count). The number of aromatic nitrogens is 1. The topological polar surface area (TPSA) is 55.1 Å². The normalized spacial score (nSPS) is 11.4. The molecule has 1 heterocycles. The molecule has 4 nitrogen and oxygen atoms in total. The first-order valence-electron chi connectivity index (χ1n) is 6.67. The van der Waals surface area contributed by atoms with E-state index in [2.05, 4.69) is 31.2 Å². The van der Waals surface area contributed by atoms with E-state index in [1.54, 1.807) is 0 Å². The quantitative estimate of drug-likeness (QED) is 0.933. The second kappa shape index (κ2) is 5.49. The van der Waals surface area contributed by atoms with Crippen LogP contribution in [0.5, 0.6) is 0 Å². The summed E-state index contributed by atoms with van der Waals surface area (Å²) in [4.78, 5) is 12.0. The molecule has 0 atom stereocenters. The minimum Gasteiger partial charge on any atom is -0.361 e. The lowest BCUT2D eigenvalue weighted by Crippen LogP contribution is -2.23. The Kier molecular flexibility index (Phi) is 3.93. The summed E-state index contributed by atoms with van der Waals surface area (Å²) in [7, 11) is 0. The molecule has 0 aliphatic rings. The molecule has 0 radical (unpaired) electrons. The molecule has 0 spiro atoms. The number of benzene rings is 1. The molecule has 1 aromatic carbocycles. The summed E-state index contributed by atoms with van der Waals surface area (Å²) in [5.41, 5.74) is 2.68. The van der Waals surface area contributed by atoms with Crippen molar-refractivity contribution in [3.63, 3.8) is 0 Å². The zero-order valence-corrected chi connectivity index (χ0v) is 12.4. The molecule has 1 amide bonds. The fourth-order valence-corrected chi connectivity index (χ4v) is 1.90. The first-order valence-corrected chi connectivity index (χ1v) is 6.67. The zero-order chi connectivity index (χ0) is 14.8. The SMILES string of the molecule is Cc1cc(CNC(=O)c2ccc(C(C)(C)C)cc2)no1. The molecule has 20 heavy (non-hydrogen) atoms. The van der Waals surface area contributed by atoms with E-state index in [0.717, 1.165) is 11.5 Å². The second-order valence-corrected chi connectivity index (χ2v) is 5.94. The van der Waals surface area contributed by atoms with Crippen LogP contribution in [-0.2, 0) is 12.0 Å². The van der Waals surface area contributed by atoms with E-state index in [-0.39, 0.29) is 11.3 Å². The van der Waals surface area contributed by atoms with Crippen molar-refractivity contribution >= 4 is 5.91 Å². The molecule has 0 fully saturated rings. The van der Waals surface area contributed by atoms with Crippen molar-refractivity contribution in [3.05, 3.63) is 52.9 Å². The van der Waals surface area contributed by atoms with Crippen molar-refractivity contribution < 1.29 is 9.32 Å². The highest BCUT2D eigenvalue weighted by atomic mass is 16.5. The van der Waals surface area contributed by atoms with Crippen LogP contribution in [0, 0.1) is 6.92 Å². The van der Waals surface area contributed by atoms with Crippen LogP contribution in [0.4, 0.5) is 0 Å². The standard InChI is InChI=1S/C16H20N2O2/c1-11-9-14(18-20-11)10-17-15(19)12-5-7-13(8-6-12)16(2,3)4/h5-9H,10H2,1-4H3,(H,17,19). The zero-order valence-electron chi connectivity index (χ0n) is 12.4. The average molecular weight is 272 g/mol. The minimum atomic E-state index is -0.105. The van der Waals surface area contributed by atoms with Gasteiger partial charge in [0.15, 0.2) is 0 Å². The van der Waals surface area contributed by atoms with Gasteiger partial charge in [-0.3, -0.25) is 4.79 Å². The van der Waals surface area contributed by atoms with Crippen LogP contribution in [0.1, 0.15) is 48.1 Å². The first-order chi connectivity index (χ1) is 9.36. The number of hydrogen-bond acceptors (Lipinski definition) is 3. The van der Waals surface area contributed by atoms with Crippen molar-refractivity contribution in [1.82, 2.24) is 10.5 Å². The van der Waals surface area contributed by atoms with Crippen LogP contribution < -0.4 is 5.32 Å². The molecule has 2 aromatic rings. The maximum absolute atomic E-state index is 12.0. The largest absolute Gasteiger partial charge is 0.361 e. The number of hydrogen-bond donors (Lipinski definition) is 1. The van der Waals surface area contributed by atoms with Crippen molar-refractivity contribution in [2.75, 3.05) is 0 Å². The van der Waals surface area contributed by atoms with E-state index in [0.29, 0.717) is 12.1 Å². The third kappa shape index (κ3) is 3.47. The Labute approximate surface area is 119 Å². The maximum atomic E-state index is 12.0. The summed E-state index contributed by atoms with van der Waals surface area (Å²) >= 11 is 0. The summed E-state index contributed by atoms with van der Waals surface area (Å²) in [5.74, 6) is 0.634. The van der Waals surface area contributed by atoms with Crippen LogP contribution in [0.15, 0.2) is 34.9 Å². The van der Waals surface area contributed by atoms with Gasteiger partial charge in [-0.2, -0.15) is 0 Å². The highest BCUT2D eigenvalue weighted by Gasteiger charge is 2.14. The molecular formula is C16H20N2O2. The van der Waals surface area contributed by atoms with Crippen LogP contribution >= 0.6 is 0 Å². The van der Waals surface area contributed by atoms with Crippen molar-refractivity contribution in [1.29, 1.82) is 0 Å². The molecule has 0 bridgehead atoms. The van der Waals surface area contributed by atoms with Gasteiger partial charge in [-0.1, -0.05) is 38.1 Å². The van der Waals surface area contributed by atoms with Gasteiger partial charge in [0.05, 0.1) is 6.54 Å². The maximum Gasteiger partial charge on any atom is 0.251 e. The molecule has 0 unspecified atom stereocenters. The van der Waals surface area contributed by atoms with E-state index in [1.807, 2.05) is 37.3 Å². The van der Waals surface area contributed by atoms with Crippen molar-refractivity contribution in [3.8, 4) is 0 Å². The summed E-state index contributed by atoms with van der Waals surface area (Å²) < 4.78 is 4.95. The molecule has 0 aliphatic carbocycles. The number of amides is 1. The Bertz CT molecular complexity index is 592. The molecule has 0 saturated heterocycles.